The van der Waals surface area contributed by atoms with Gasteiger partial charge < -0.3 is 20.5 Å². The van der Waals surface area contributed by atoms with Crippen LogP contribution in [0.25, 0.3) is 20.8 Å². The molecule has 1 aromatic carbocycles. The van der Waals surface area contributed by atoms with Crippen molar-refractivity contribution in [2.24, 2.45) is 5.92 Å². The number of nitrogens with zero attached hydrogens (tertiary/aromatic N) is 3. The molecule has 3 aromatic rings. The minimum Gasteiger partial charge on any atom is -0.464 e. The Balaban J connectivity index is 1.64. The predicted octanol–water partition coefficient (Wildman–Crippen LogP) is 3.95. The molecule has 31 heavy (non-hydrogen) atoms. The van der Waals surface area contributed by atoms with E-state index in [0.717, 1.165) is 34.5 Å². The number of esters is 1. The molecule has 10 heteroatoms. The SMILES string of the molecule is CC(=O)OCCNc1nc(Cl)c(-c2nc3ccccc3s2)c(N[C@H]2CC[C@@H](CO)C2)n1. The molecule has 0 aliphatic heterocycles. The highest BCUT2D eigenvalue weighted by molar-refractivity contribution is 7.21. The third-order valence-electron chi connectivity index (χ3n) is 5.20. The van der Waals surface area contributed by atoms with Crippen molar-refractivity contribution in [3.63, 3.8) is 0 Å². The number of aromatic nitrogens is 3. The summed E-state index contributed by atoms with van der Waals surface area (Å²) >= 11 is 8.15. The molecule has 0 saturated heterocycles. The van der Waals surface area contributed by atoms with Crippen molar-refractivity contribution in [3.05, 3.63) is 29.4 Å². The number of ether oxygens (including phenoxy) is 1. The van der Waals surface area contributed by atoms with Gasteiger partial charge in [0, 0.05) is 19.6 Å². The highest BCUT2D eigenvalue weighted by Crippen LogP contribution is 2.39. The normalized spacial score (nSPS) is 18.3. The van der Waals surface area contributed by atoms with Crippen molar-refractivity contribution in [1.29, 1.82) is 0 Å². The highest BCUT2D eigenvalue weighted by Gasteiger charge is 2.27. The molecule has 0 radical (unpaired) electrons. The number of fused-ring (bicyclic) bond motifs is 1. The number of carbonyl (C=O) groups excluding carboxylic acids is 1. The lowest BCUT2D eigenvalue weighted by molar-refractivity contribution is -0.140. The fraction of sp³-hybridized carbons (Fsp3) is 0.429. The molecule has 164 valence electrons. The number of thiazole rings is 1. The van der Waals surface area contributed by atoms with Gasteiger partial charge in [-0.3, -0.25) is 4.79 Å². The molecule has 8 nitrogen and oxygen atoms in total. The number of carbonyl (C=O) groups is 1. The number of anilines is 2. The number of aliphatic hydroxyl groups excluding tert-OH is 1. The Bertz CT molecular complexity index is 1040. The van der Waals surface area contributed by atoms with Crippen LogP contribution in [0.4, 0.5) is 11.8 Å². The van der Waals surface area contributed by atoms with Gasteiger partial charge in [-0.25, -0.2) is 9.97 Å². The second-order valence-electron chi connectivity index (χ2n) is 7.52. The molecular weight excluding hydrogens is 438 g/mol. The third-order valence-corrected chi connectivity index (χ3v) is 6.53. The molecule has 2 heterocycles. The number of hydrogen-bond acceptors (Lipinski definition) is 9. The van der Waals surface area contributed by atoms with Gasteiger partial charge in [-0.05, 0) is 37.3 Å². The first-order valence-corrected chi connectivity index (χ1v) is 11.4. The molecule has 2 aromatic heterocycles. The molecule has 1 aliphatic carbocycles. The average Bonchev–Trinajstić information content (AvgIpc) is 3.37. The Morgan fingerprint density at radius 3 is 2.87 bits per heavy atom. The van der Waals surface area contributed by atoms with Gasteiger partial charge in [0.15, 0.2) is 0 Å². The van der Waals surface area contributed by atoms with Gasteiger partial charge in [-0.2, -0.15) is 4.98 Å². The Labute approximate surface area is 189 Å². The zero-order valence-electron chi connectivity index (χ0n) is 17.1. The van der Waals surface area contributed by atoms with Gasteiger partial charge in [0.1, 0.15) is 22.6 Å². The van der Waals surface area contributed by atoms with Crippen LogP contribution in [-0.2, 0) is 9.53 Å². The topological polar surface area (TPSA) is 109 Å². The fourth-order valence-electron chi connectivity index (χ4n) is 3.71. The summed E-state index contributed by atoms with van der Waals surface area (Å²) in [6.45, 7) is 2.13. The van der Waals surface area contributed by atoms with Crippen LogP contribution in [0.1, 0.15) is 26.2 Å². The Morgan fingerprint density at radius 1 is 1.29 bits per heavy atom. The van der Waals surface area contributed by atoms with E-state index < -0.39 is 0 Å². The van der Waals surface area contributed by atoms with E-state index >= 15 is 0 Å². The maximum atomic E-state index is 10.9. The quantitative estimate of drug-likeness (QED) is 0.263. The Hall–Kier alpha value is -2.49. The van der Waals surface area contributed by atoms with Crippen molar-refractivity contribution in [3.8, 4) is 10.6 Å². The van der Waals surface area contributed by atoms with E-state index in [2.05, 4.69) is 20.6 Å². The molecule has 2 atom stereocenters. The molecule has 0 amide bonds. The maximum absolute atomic E-state index is 10.9. The maximum Gasteiger partial charge on any atom is 0.302 e. The van der Waals surface area contributed by atoms with Crippen molar-refractivity contribution >= 4 is 50.9 Å². The van der Waals surface area contributed by atoms with Gasteiger partial charge in [-0.1, -0.05) is 23.7 Å². The molecule has 3 N–H and O–H groups in total. The van der Waals surface area contributed by atoms with Crippen LogP contribution in [0.5, 0.6) is 0 Å². The van der Waals surface area contributed by atoms with Crippen LogP contribution in [0.3, 0.4) is 0 Å². The summed E-state index contributed by atoms with van der Waals surface area (Å²) in [6.07, 6.45) is 2.78. The van der Waals surface area contributed by atoms with E-state index in [9.17, 15) is 9.90 Å². The minimum atomic E-state index is -0.339. The summed E-state index contributed by atoms with van der Waals surface area (Å²) in [4.78, 5) is 24.7. The van der Waals surface area contributed by atoms with E-state index in [1.54, 1.807) is 0 Å². The van der Waals surface area contributed by atoms with Crippen molar-refractivity contribution in [2.45, 2.75) is 32.2 Å². The molecule has 0 bridgehead atoms. The molecule has 1 fully saturated rings. The molecule has 0 unspecified atom stereocenters. The van der Waals surface area contributed by atoms with E-state index in [4.69, 9.17) is 21.3 Å². The molecule has 0 spiro atoms. The fourth-order valence-corrected chi connectivity index (χ4v) is 5.04. The second-order valence-corrected chi connectivity index (χ2v) is 8.91. The largest absolute Gasteiger partial charge is 0.464 e. The standard InChI is InChI=1S/C21H24ClN5O3S/c1-12(29)30-9-8-23-21-26-18(22)17(20-25-15-4-2-3-5-16(15)31-20)19(27-21)24-14-7-6-13(10-14)11-28/h2-5,13-14,28H,6-11H2,1H3,(H2,23,24,26,27)/t13-,14+/m1/s1. The first kappa shape index (κ1) is 21.7. The summed E-state index contributed by atoms with van der Waals surface area (Å²) in [5, 5.41) is 17.1. The monoisotopic (exact) mass is 461 g/mol. The summed E-state index contributed by atoms with van der Waals surface area (Å²) < 4.78 is 6.00. The average molecular weight is 462 g/mol. The van der Waals surface area contributed by atoms with E-state index in [1.807, 2.05) is 24.3 Å². The lowest BCUT2D eigenvalue weighted by Crippen LogP contribution is -2.19. The molecule has 1 saturated carbocycles. The number of halogens is 1. The van der Waals surface area contributed by atoms with Crippen LogP contribution in [-0.4, -0.2) is 51.8 Å². The summed E-state index contributed by atoms with van der Waals surface area (Å²) in [7, 11) is 0. The summed E-state index contributed by atoms with van der Waals surface area (Å²) in [5.74, 6) is 0.912. The molecule has 4 rings (SSSR count). The van der Waals surface area contributed by atoms with Crippen LogP contribution in [0, 0.1) is 5.92 Å². The second kappa shape index (κ2) is 9.76. The predicted molar refractivity (Wildman–Crippen MR) is 123 cm³/mol. The van der Waals surface area contributed by atoms with Gasteiger partial charge in [0.2, 0.25) is 5.95 Å². The van der Waals surface area contributed by atoms with Gasteiger partial charge in [-0.15, -0.1) is 11.3 Å². The van der Waals surface area contributed by atoms with Gasteiger partial charge in [0.05, 0.1) is 22.3 Å². The van der Waals surface area contributed by atoms with Crippen LogP contribution < -0.4 is 10.6 Å². The number of aliphatic hydroxyl groups is 1. The summed E-state index contributed by atoms with van der Waals surface area (Å²) in [6, 6.07) is 8.10. The third kappa shape index (κ3) is 5.23. The number of hydrogen-bond donors (Lipinski definition) is 3. The number of nitrogens with one attached hydrogen (secondary N) is 2. The van der Waals surface area contributed by atoms with Crippen molar-refractivity contribution in [2.75, 3.05) is 30.4 Å². The van der Waals surface area contributed by atoms with Crippen LogP contribution >= 0.6 is 22.9 Å². The lowest BCUT2D eigenvalue weighted by Gasteiger charge is -2.18. The molecule has 1 aliphatic rings. The smallest absolute Gasteiger partial charge is 0.302 e. The zero-order chi connectivity index (χ0) is 21.8. The van der Waals surface area contributed by atoms with E-state index in [-0.39, 0.29) is 25.2 Å². The Kier molecular flexibility index (Phi) is 6.84. The first-order chi connectivity index (χ1) is 15.0. The zero-order valence-corrected chi connectivity index (χ0v) is 18.7. The van der Waals surface area contributed by atoms with Gasteiger partial charge in [0.25, 0.3) is 0 Å². The number of benzene rings is 1. The van der Waals surface area contributed by atoms with Crippen molar-refractivity contribution < 1.29 is 14.6 Å². The molecular formula is C21H24ClN5O3S. The lowest BCUT2D eigenvalue weighted by atomic mass is 10.1. The number of para-hydroxylation sites is 1. The van der Waals surface area contributed by atoms with Gasteiger partial charge >= 0.3 is 5.97 Å². The number of rotatable bonds is 8. The van der Waals surface area contributed by atoms with Crippen molar-refractivity contribution in [1.82, 2.24) is 15.0 Å². The van der Waals surface area contributed by atoms with Crippen LogP contribution in [0.15, 0.2) is 24.3 Å². The highest BCUT2D eigenvalue weighted by atomic mass is 35.5. The summed E-state index contributed by atoms with van der Waals surface area (Å²) in [5.41, 5.74) is 1.56. The first-order valence-electron chi connectivity index (χ1n) is 10.2. The Morgan fingerprint density at radius 2 is 2.13 bits per heavy atom. The minimum absolute atomic E-state index is 0.185. The van der Waals surface area contributed by atoms with E-state index in [0.29, 0.717) is 34.9 Å². The van der Waals surface area contributed by atoms with Crippen LogP contribution in [0.2, 0.25) is 5.15 Å². The van der Waals surface area contributed by atoms with E-state index in [1.165, 1.54) is 18.3 Å².